The Labute approximate surface area is 268 Å². The first-order valence-corrected chi connectivity index (χ1v) is 14.8. The van der Waals surface area contributed by atoms with E-state index in [9.17, 15) is 34.7 Å². The van der Waals surface area contributed by atoms with Gasteiger partial charge in [-0.15, -0.1) is 0 Å². The van der Waals surface area contributed by atoms with Crippen LogP contribution in [0.3, 0.4) is 0 Å². The lowest BCUT2D eigenvalue weighted by molar-refractivity contribution is -0.149. The average Bonchev–Trinajstić information content (AvgIpc) is 3.66. The third-order valence-corrected chi connectivity index (χ3v) is 8.46. The highest BCUT2D eigenvalue weighted by Crippen LogP contribution is 2.39. The van der Waals surface area contributed by atoms with Crippen LogP contribution in [0.2, 0.25) is 5.02 Å². The van der Waals surface area contributed by atoms with Gasteiger partial charge in [0.2, 0.25) is 11.8 Å². The van der Waals surface area contributed by atoms with Crippen LogP contribution in [0.25, 0.3) is 0 Å². The number of nitrogens with zero attached hydrogens (tertiary/aromatic N) is 5. The van der Waals surface area contributed by atoms with E-state index in [-0.39, 0.29) is 65.3 Å². The second kappa shape index (κ2) is 14.1. The topological polar surface area (TPSA) is 201 Å². The number of benzene rings is 2. The molecule has 2 saturated heterocycles. The third-order valence-electron chi connectivity index (χ3n) is 8.05. The van der Waals surface area contributed by atoms with Crippen molar-refractivity contribution in [1.82, 2.24) is 19.6 Å². The lowest BCUT2D eigenvalue weighted by Crippen LogP contribution is -2.49. The summed E-state index contributed by atoms with van der Waals surface area (Å²) >= 11 is 6.32. The van der Waals surface area contributed by atoms with Crippen molar-refractivity contribution >= 4 is 35.4 Å². The Morgan fingerprint density at radius 2 is 1.72 bits per heavy atom. The lowest BCUT2D eigenvalue weighted by Gasteiger charge is -2.30. The number of amides is 1. The van der Waals surface area contributed by atoms with Crippen LogP contribution in [0.4, 0.5) is 0 Å². The van der Waals surface area contributed by atoms with Crippen molar-refractivity contribution in [3.05, 3.63) is 81.0 Å². The number of morpholine rings is 1. The fraction of sp³-hybridized carbons (Fsp3) is 0.355. The molecule has 0 radical (unpaired) electrons. The smallest absolute Gasteiger partial charge is 0.337 e. The lowest BCUT2D eigenvalue weighted by atomic mass is 9.94. The molecule has 5 rings (SSSR count). The fourth-order valence-corrected chi connectivity index (χ4v) is 5.95. The zero-order chi connectivity index (χ0) is 33.0. The number of carboxylic acids is 2. The Bertz CT molecular complexity index is 1700. The van der Waals surface area contributed by atoms with E-state index in [2.05, 4.69) is 5.10 Å². The van der Waals surface area contributed by atoms with Crippen LogP contribution in [0.15, 0.2) is 42.5 Å². The molecule has 14 nitrogen and oxygen atoms in total. The number of aromatic carboxylic acids is 1. The molecule has 3 aromatic rings. The first-order chi connectivity index (χ1) is 22.1. The van der Waals surface area contributed by atoms with E-state index < -0.39 is 29.8 Å². The summed E-state index contributed by atoms with van der Waals surface area (Å²) in [5.41, 5.74) is 6.48. The van der Waals surface area contributed by atoms with Gasteiger partial charge in [-0.05, 0) is 29.7 Å². The number of ether oxygens (including phenoxy) is 2. The maximum Gasteiger partial charge on any atom is 0.337 e. The SMILES string of the molecule is N#Cc1c(C2CCN(C(=O)CN3CCOCC3)C2C(=O)O)nn(C(=O)c2cccc(C(=O)O)c2Cl)c1OCc1ccc(CN)cc1. The number of hydrogen-bond donors (Lipinski definition) is 3. The number of carbonyl (C=O) groups is 4. The first-order valence-electron chi connectivity index (χ1n) is 14.5. The number of hydrogen-bond acceptors (Lipinski definition) is 10. The van der Waals surface area contributed by atoms with Crippen molar-refractivity contribution in [3.63, 3.8) is 0 Å². The van der Waals surface area contributed by atoms with Crippen molar-refractivity contribution in [1.29, 1.82) is 5.26 Å². The molecular formula is C31H31ClN6O8. The molecule has 240 valence electrons. The van der Waals surface area contributed by atoms with Gasteiger partial charge in [0.15, 0.2) is 0 Å². The summed E-state index contributed by atoms with van der Waals surface area (Å²) in [4.78, 5) is 54.7. The Hall–Kier alpha value is -4.81. The minimum absolute atomic E-state index is 0.00756. The van der Waals surface area contributed by atoms with Gasteiger partial charge in [-0.3, -0.25) is 14.5 Å². The number of aliphatic carboxylic acids is 1. The molecule has 2 fully saturated rings. The zero-order valence-electron chi connectivity index (χ0n) is 24.6. The first kappa shape index (κ1) is 32.6. The fourth-order valence-electron chi connectivity index (χ4n) is 5.66. The van der Waals surface area contributed by atoms with Crippen LogP contribution in [0.1, 0.15) is 55.4 Å². The largest absolute Gasteiger partial charge is 0.480 e. The molecule has 2 aliphatic rings. The van der Waals surface area contributed by atoms with Gasteiger partial charge in [-0.2, -0.15) is 15.0 Å². The van der Waals surface area contributed by atoms with Gasteiger partial charge in [0.25, 0.3) is 5.91 Å². The van der Waals surface area contributed by atoms with Gasteiger partial charge >= 0.3 is 11.9 Å². The van der Waals surface area contributed by atoms with Gasteiger partial charge in [0.1, 0.15) is 24.3 Å². The number of carbonyl (C=O) groups excluding carboxylic acids is 2. The molecule has 4 N–H and O–H groups in total. The monoisotopic (exact) mass is 650 g/mol. The normalized spacial score (nSPS) is 18.2. The molecule has 3 heterocycles. The zero-order valence-corrected chi connectivity index (χ0v) is 25.4. The molecule has 1 amide bonds. The summed E-state index contributed by atoms with van der Waals surface area (Å²) < 4.78 is 12.1. The summed E-state index contributed by atoms with van der Waals surface area (Å²) in [5, 5.41) is 34.2. The molecule has 2 aliphatic heterocycles. The molecule has 2 atom stereocenters. The van der Waals surface area contributed by atoms with Gasteiger partial charge in [-0.25, -0.2) is 9.59 Å². The second-order valence-corrected chi connectivity index (χ2v) is 11.2. The maximum absolute atomic E-state index is 13.9. The third kappa shape index (κ3) is 6.58. The molecule has 0 saturated carbocycles. The quantitative estimate of drug-likeness (QED) is 0.288. The van der Waals surface area contributed by atoms with E-state index in [0.29, 0.717) is 38.4 Å². The van der Waals surface area contributed by atoms with Crippen LogP contribution in [0.5, 0.6) is 5.88 Å². The van der Waals surface area contributed by atoms with Crippen LogP contribution >= 0.6 is 11.6 Å². The highest BCUT2D eigenvalue weighted by Gasteiger charge is 2.46. The maximum atomic E-state index is 13.9. The number of halogens is 1. The van der Waals surface area contributed by atoms with Crippen LogP contribution < -0.4 is 10.5 Å². The Morgan fingerprint density at radius 3 is 2.35 bits per heavy atom. The van der Waals surface area contributed by atoms with Gasteiger partial charge < -0.3 is 30.3 Å². The summed E-state index contributed by atoms with van der Waals surface area (Å²) in [7, 11) is 0. The van der Waals surface area contributed by atoms with Gasteiger partial charge in [-0.1, -0.05) is 41.9 Å². The summed E-state index contributed by atoms with van der Waals surface area (Å²) in [6.07, 6.45) is 0.154. The molecule has 2 aromatic carbocycles. The van der Waals surface area contributed by atoms with Crippen LogP contribution in [0, 0.1) is 11.3 Å². The van der Waals surface area contributed by atoms with E-state index >= 15 is 0 Å². The highest BCUT2D eigenvalue weighted by molar-refractivity contribution is 6.36. The van der Waals surface area contributed by atoms with E-state index in [1.807, 2.05) is 11.0 Å². The minimum atomic E-state index is -1.37. The number of likely N-dealkylation sites (tertiary alicyclic amines) is 1. The molecule has 0 spiro atoms. The highest BCUT2D eigenvalue weighted by atomic mass is 35.5. The van der Waals surface area contributed by atoms with Crippen molar-refractivity contribution in [2.75, 3.05) is 39.4 Å². The van der Waals surface area contributed by atoms with E-state index in [0.717, 1.165) is 10.2 Å². The molecule has 15 heteroatoms. The molecule has 46 heavy (non-hydrogen) atoms. The van der Waals surface area contributed by atoms with Crippen molar-refractivity contribution < 1.29 is 38.9 Å². The summed E-state index contributed by atoms with van der Waals surface area (Å²) in [5.74, 6) is -5.16. The molecule has 0 aliphatic carbocycles. The number of aromatic nitrogens is 2. The van der Waals surface area contributed by atoms with Crippen molar-refractivity contribution in [2.24, 2.45) is 5.73 Å². The summed E-state index contributed by atoms with van der Waals surface area (Å²) in [6, 6.07) is 11.7. The van der Waals surface area contributed by atoms with Crippen molar-refractivity contribution in [2.45, 2.75) is 31.5 Å². The number of rotatable bonds is 10. The van der Waals surface area contributed by atoms with Gasteiger partial charge in [0, 0.05) is 32.1 Å². The molecule has 2 unspecified atom stereocenters. The predicted molar refractivity (Wildman–Crippen MR) is 162 cm³/mol. The second-order valence-electron chi connectivity index (χ2n) is 10.8. The Balaban J connectivity index is 1.54. The minimum Gasteiger partial charge on any atom is -0.480 e. The van der Waals surface area contributed by atoms with Crippen LogP contribution in [-0.2, 0) is 27.5 Å². The van der Waals surface area contributed by atoms with E-state index in [1.165, 1.54) is 23.1 Å². The number of nitriles is 1. The average molecular weight is 651 g/mol. The van der Waals surface area contributed by atoms with Crippen molar-refractivity contribution in [3.8, 4) is 11.9 Å². The number of nitrogens with two attached hydrogens (primary N) is 1. The summed E-state index contributed by atoms with van der Waals surface area (Å²) in [6.45, 7) is 2.33. The standard InChI is InChI=1S/C31H31ClN6O8/c32-25-20(2-1-3-21(25)30(41)42)28(40)38-29(46-17-19-6-4-18(14-33)5-7-19)23(15-34)26(35-38)22-8-9-37(27(22)31(43)44)24(39)16-36-10-12-45-13-11-36/h1-7,22,27H,8-14,16-17,33H2,(H,41,42)(H,43,44). The van der Waals surface area contributed by atoms with Gasteiger partial charge in [0.05, 0.1) is 41.6 Å². The predicted octanol–water partition coefficient (Wildman–Crippen LogP) is 1.93. The number of carboxylic acid groups (broad SMARTS) is 2. The molecular weight excluding hydrogens is 620 g/mol. The van der Waals surface area contributed by atoms with E-state index in [4.69, 9.17) is 26.8 Å². The Kier molecular flexibility index (Phi) is 9.98. The Morgan fingerprint density at radius 1 is 1.04 bits per heavy atom. The van der Waals surface area contributed by atoms with E-state index in [1.54, 1.807) is 24.3 Å². The molecule has 0 bridgehead atoms. The molecule has 1 aromatic heterocycles. The van der Waals surface area contributed by atoms with Crippen LogP contribution in [-0.4, -0.2) is 99.0 Å².